The van der Waals surface area contributed by atoms with Crippen LogP contribution < -0.4 is 11.5 Å². The van der Waals surface area contributed by atoms with Crippen LogP contribution >= 0.6 is 0 Å². The molecule has 0 bridgehead atoms. The van der Waals surface area contributed by atoms with Gasteiger partial charge in [0, 0.05) is 16.9 Å². The Hall–Kier alpha value is -2.90. The number of aromatic amines is 1. The van der Waals surface area contributed by atoms with Crippen LogP contribution in [0.1, 0.15) is 0 Å². The normalized spacial score (nSPS) is 10.7. The van der Waals surface area contributed by atoms with E-state index in [2.05, 4.69) is 25.3 Å². The number of aromatic nitrogens is 5. The lowest BCUT2D eigenvalue weighted by Crippen LogP contribution is -1.91. The Morgan fingerprint density at radius 1 is 1.11 bits per heavy atom. The van der Waals surface area contributed by atoms with Crippen molar-refractivity contribution in [2.75, 3.05) is 11.5 Å². The zero-order valence-electron chi connectivity index (χ0n) is 9.16. The van der Waals surface area contributed by atoms with Crippen molar-refractivity contribution in [2.45, 2.75) is 0 Å². The highest BCUT2D eigenvalue weighted by Gasteiger charge is 2.13. The van der Waals surface area contributed by atoms with Crippen molar-refractivity contribution in [3.63, 3.8) is 0 Å². The molecule has 5 N–H and O–H groups in total. The minimum atomic E-state index is 0.320. The van der Waals surface area contributed by atoms with Crippen molar-refractivity contribution in [2.24, 2.45) is 0 Å². The Morgan fingerprint density at radius 2 is 1.89 bits per heavy atom. The first-order valence-electron chi connectivity index (χ1n) is 5.08. The summed E-state index contributed by atoms with van der Waals surface area (Å²) in [5.74, 6) is 1.07. The monoisotopic (exact) mass is 243 g/mol. The highest BCUT2D eigenvalue weighted by atomic mass is 16.5. The molecule has 90 valence electrons. The number of H-pyrrole nitrogens is 1. The van der Waals surface area contributed by atoms with Gasteiger partial charge in [-0.3, -0.25) is 5.10 Å². The van der Waals surface area contributed by atoms with Crippen molar-refractivity contribution >= 4 is 11.4 Å². The van der Waals surface area contributed by atoms with E-state index in [4.69, 9.17) is 16.0 Å². The van der Waals surface area contributed by atoms with E-state index in [1.54, 1.807) is 18.2 Å². The number of hydrogen-bond acceptors (Lipinski definition) is 7. The number of nitrogens with zero attached hydrogens (tertiary/aromatic N) is 4. The third-order valence-electron chi connectivity index (χ3n) is 2.28. The standard InChI is InChI=1S/C10H9N7O/c11-6-1-5(2-7(12)3-6)10-15-9(17-18-10)8-13-4-14-16-8/h1-4H,11-12H2,(H,13,14,16). The van der Waals surface area contributed by atoms with Gasteiger partial charge < -0.3 is 16.0 Å². The molecular formula is C10H9N7O. The molecule has 0 amide bonds. The van der Waals surface area contributed by atoms with Crippen LogP contribution in [0.5, 0.6) is 0 Å². The predicted molar refractivity (Wildman–Crippen MR) is 63.9 cm³/mol. The number of rotatable bonds is 2. The van der Waals surface area contributed by atoms with Crippen LogP contribution in [0.25, 0.3) is 23.1 Å². The van der Waals surface area contributed by atoms with Gasteiger partial charge in [0.25, 0.3) is 5.89 Å². The van der Waals surface area contributed by atoms with Crippen LogP contribution in [0, 0.1) is 0 Å². The van der Waals surface area contributed by atoms with Gasteiger partial charge in [-0.25, -0.2) is 4.98 Å². The number of benzene rings is 1. The Kier molecular flexibility index (Phi) is 2.19. The third kappa shape index (κ3) is 1.75. The second-order valence-electron chi connectivity index (χ2n) is 3.65. The van der Waals surface area contributed by atoms with Gasteiger partial charge in [-0.1, -0.05) is 5.16 Å². The third-order valence-corrected chi connectivity index (χ3v) is 2.28. The number of anilines is 2. The number of nitrogens with two attached hydrogens (primary N) is 2. The zero-order valence-corrected chi connectivity index (χ0v) is 9.16. The van der Waals surface area contributed by atoms with Crippen molar-refractivity contribution < 1.29 is 4.52 Å². The molecule has 0 radical (unpaired) electrons. The first-order chi connectivity index (χ1) is 8.72. The fraction of sp³-hybridized carbons (Fsp3) is 0. The Labute approximate surface area is 101 Å². The maximum absolute atomic E-state index is 5.70. The number of nitrogen functional groups attached to an aromatic ring is 2. The Bertz CT molecular complexity index is 653. The molecule has 0 atom stereocenters. The second-order valence-corrected chi connectivity index (χ2v) is 3.65. The zero-order chi connectivity index (χ0) is 12.5. The van der Waals surface area contributed by atoms with Crippen LogP contribution in [0.4, 0.5) is 11.4 Å². The minimum absolute atomic E-state index is 0.320. The lowest BCUT2D eigenvalue weighted by Gasteiger charge is -1.99. The molecule has 2 heterocycles. The van der Waals surface area contributed by atoms with E-state index < -0.39 is 0 Å². The average Bonchev–Trinajstić information content (AvgIpc) is 2.99. The summed E-state index contributed by atoms with van der Waals surface area (Å²) in [5.41, 5.74) is 13.1. The maximum atomic E-state index is 5.70. The first kappa shape index (κ1) is 10.3. The summed E-state index contributed by atoms with van der Waals surface area (Å²) in [7, 11) is 0. The molecule has 0 fully saturated rings. The highest BCUT2D eigenvalue weighted by Crippen LogP contribution is 2.24. The first-order valence-corrected chi connectivity index (χ1v) is 5.08. The highest BCUT2D eigenvalue weighted by molar-refractivity contribution is 5.67. The van der Waals surface area contributed by atoms with E-state index in [0.29, 0.717) is 34.5 Å². The Balaban J connectivity index is 2.03. The van der Waals surface area contributed by atoms with Gasteiger partial charge in [0.05, 0.1) is 0 Å². The van der Waals surface area contributed by atoms with Crippen molar-refractivity contribution in [1.29, 1.82) is 0 Å². The topological polar surface area (TPSA) is 133 Å². The summed E-state index contributed by atoms with van der Waals surface area (Å²) >= 11 is 0. The van der Waals surface area contributed by atoms with E-state index in [1.165, 1.54) is 6.33 Å². The molecule has 3 aromatic rings. The molecule has 0 aliphatic carbocycles. The predicted octanol–water partition coefficient (Wildman–Crippen LogP) is 0.686. The lowest BCUT2D eigenvalue weighted by molar-refractivity contribution is 0.432. The second kappa shape index (κ2) is 3.84. The van der Waals surface area contributed by atoms with Crippen molar-refractivity contribution in [1.82, 2.24) is 25.3 Å². The largest absolute Gasteiger partial charge is 0.399 e. The molecule has 0 saturated heterocycles. The van der Waals surface area contributed by atoms with E-state index in [0.717, 1.165) is 0 Å². The van der Waals surface area contributed by atoms with Crippen molar-refractivity contribution in [3.8, 4) is 23.1 Å². The van der Waals surface area contributed by atoms with Gasteiger partial charge in [0.15, 0.2) is 5.82 Å². The molecule has 0 aliphatic rings. The molecule has 0 unspecified atom stereocenters. The molecule has 8 nitrogen and oxygen atoms in total. The summed E-state index contributed by atoms with van der Waals surface area (Å²) in [6.45, 7) is 0. The fourth-order valence-corrected chi connectivity index (χ4v) is 1.55. The van der Waals surface area contributed by atoms with Gasteiger partial charge in [-0.2, -0.15) is 10.1 Å². The van der Waals surface area contributed by atoms with Gasteiger partial charge >= 0.3 is 0 Å². The molecule has 18 heavy (non-hydrogen) atoms. The molecule has 0 spiro atoms. The molecule has 2 aromatic heterocycles. The molecular weight excluding hydrogens is 234 g/mol. The van der Waals surface area contributed by atoms with Gasteiger partial charge in [-0.15, -0.1) is 0 Å². The molecule has 0 saturated carbocycles. The quantitative estimate of drug-likeness (QED) is 0.564. The smallest absolute Gasteiger partial charge is 0.258 e. The van der Waals surface area contributed by atoms with Crippen LogP contribution in [0.2, 0.25) is 0 Å². The average molecular weight is 243 g/mol. The van der Waals surface area contributed by atoms with Gasteiger partial charge in [-0.05, 0) is 18.2 Å². The summed E-state index contributed by atoms with van der Waals surface area (Å²) in [6.07, 6.45) is 1.36. The molecule has 8 heteroatoms. The van der Waals surface area contributed by atoms with Crippen LogP contribution in [-0.2, 0) is 0 Å². The van der Waals surface area contributed by atoms with E-state index in [-0.39, 0.29) is 0 Å². The van der Waals surface area contributed by atoms with Gasteiger partial charge in [0.1, 0.15) is 6.33 Å². The summed E-state index contributed by atoms with van der Waals surface area (Å²) in [4.78, 5) is 8.11. The van der Waals surface area contributed by atoms with E-state index in [1.807, 2.05) is 0 Å². The summed E-state index contributed by atoms with van der Waals surface area (Å²) in [5, 5.41) is 10.1. The molecule has 3 rings (SSSR count). The van der Waals surface area contributed by atoms with Crippen LogP contribution in [-0.4, -0.2) is 25.3 Å². The molecule has 1 aromatic carbocycles. The van der Waals surface area contributed by atoms with Crippen molar-refractivity contribution in [3.05, 3.63) is 24.5 Å². The fourth-order valence-electron chi connectivity index (χ4n) is 1.55. The van der Waals surface area contributed by atoms with Crippen LogP contribution in [0.3, 0.4) is 0 Å². The lowest BCUT2D eigenvalue weighted by atomic mass is 10.2. The molecule has 0 aliphatic heterocycles. The Morgan fingerprint density at radius 3 is 2.56 bits per heavy atom. The number of hydrogen-bond donors (Lipinski definition) is 3. The minimum Gasteiger partial charge on any atom is -0.399 e. The summed E-state index contributed by atoms with van der Waals surface area (Å²) in [6, 6.07) is 5.05. The van der Waals surface area contributed by atoms with Gasteiger partial charge in [0.2, 0.25) is 5.82 Å². The number of nitrogens with one attached hydrogen (secondary N) is 1. The van der Waals surface area contributed by atoms with E-state index >= 15 is 0 Å². The summed E-state index contributed by atoms with van der Waals surface area (Å²) < 4.78 is 5.12. The maximum Gasteiger partial charge on any atom is 0.258 e. The van der Waals surface area contributed by atoms with Crippen LogP contribution in [0.15, 0.2) is 29.0 Å². The SMILES string of the molecule is Nc1cc(N)cc(-c2nc(-c3ncn[nH]3)no2)c1. The van der Waals surface area contributed by atoms with E-state index in [9.17, 15) is 0 Å².